The molecule has 0 aliphatic heterocycles. The third kappa shape index (κ3) is 4.30. The SMILES string of the molecule is COc1cccc(-n2cnnc2SCC(=O)Nc2cccc(Cl)c2Cl)c1. The predicted molar refractivity (Wildman–Crippen MR) is 104 cm³/mol. The molecule has 0 saturated carbocycles. The van der Waals surface area contributed by atoms with E-state index in [1.54, 1.807) is 36.2 Å². The molecule has 0 atom stereocenters. The van der Waals surface area contributed by atoms with Crippen molar-refractivity contribution in [1.82, 2.24) is 14.8 Å². The first kappa shape index (κ1) is 18.6. The van der Waals surface area contributed by atoms with Crippen molar-refractivity contribution < 1.29 is 9.53 Å². The number of methoxy groups -OCH3 is 1. The number of hydrogen-bond acceptors (Lipinski definition) is 5. The van der Waals surface area contributed by atoms with E-state index in [0.29, 0.717) is 20.9 Å². The second kappa shape index (κ2) is 8.44. The standard InChI is InChI=1S/C17H14Cl2N4O2S/c1-25-12-5-2-4-11(8-12)23-10-20-22-17(23)26-9-15(24)21-14-7-3-6-13(18)16(14)19/h2-8,10H,9H2,1H3,(H,21,24). The maximum absolute atomic E-state index is 12.2. The Balaban J connectivity index is 1.68. The first-order valence-electron chi connectivity index (χ1n) is 7.49. The molecule has 0 aliphatic carbocycles. The summed E-state index contributed by atoms with van der Waals surface area (Å²) in [6.45, 7) is 0. The molecule has 6 nitrogen and oxygen atoms in total. The normalized spacial score (nSPS) is 10.6. The number of aromatic nitrogens is 3. The number of halogens is 2. The minimum Gasteiger partial charge on any atom is -0.497 e. The van der Waals surface area contributed by atoms with Crippen molar-refractivity contribution in [3.05, 3.63) is 58.8 Å². The van der Waals surface area contributed by atoms with Gasteiger partial charge in [0, 0.05) is 6.07 Å². The van der Waals surface area contributed by atoms with Gasteiger partial charge in [0.2, 0.25) is 5.91 Å². The molecule has 3 aromatic rings. The first-order valence-corrected chi connectivity index (χ1v) is 9.23. The molecule has 9 heteroatoms. The Labute approximate surface area is 164 Å². The van der Waals surface area contributed by atoms with Crippen LogP contribution in [0, 0.1) is 0 Å². The van der Waals surface area contributed by atoms with Gasteiger partial charge in [-0.1, -0.05) is 47.1 Å². The molecule has 134 valence electrons. The van der Waals surface area contributed by atoms with Crippen LogP contribution >= 0.6 is 35.0 Å². The lowest BCUT2D eigenvalue weighted by molar-refractivity contribution is -0.113. The van der Waals surface area contributed by atoms with Crippen LogP contribution in [0.1, 0.15) is 0 Å². The minimum absolute atomic E-state index is 0.144. The quantitative estimate of drug-likeness (QED) is 0.615. The van der Waals surface area contributed by atoms with E-state index in [-0.39, 0.29) is 11.7 Å². The molecule has 1 heterocycles. The molecule has 0 saturated heterocycles. The molecule has 0 aliphatic rings. The number of nitrogens with one attached hydrogen (secondary N) is 1. The molecule has 1 amide bonds. The molecule has 2 aromatic carbocycles. The highest BCUT2D eigenvalue weighted by Crippen LogP contribution is 2.30. The fourth-order valence-corrected chi connectivity index (χ4v) is 3.25. The largest absolute Gasteiger partial charge is 0.497 e. The number of carbonyl (C=O) groups excluding carboxylic acids is 1. The number of rotatable bonds is 6. The first-order chi connectivity index (χ1) is 12.6. The molecule has 1 N–H and O–H groups in total. The van der Waals surface area contributed by atoms with Crippen molar-refractivity contribution in [3.8, 4) is 11.4 Å². The van der Waals surface area contributed by atoms with E-state index in [1.807, 2.05) is 24.3 Å². The summed E-state index contributed by atoms with van der Waals surface area (Å²) in [6, 6.07) is 12.6. The van der Waals surface area contributed by atoms with Gasteiger partial charge in [-0.15, -0.1) is 10.2 Å². The lowest BCUT2D eigenvalue weighted by atomic mass is 10.3. The highest BCUT2D eigenvalue weighted by Gasteiger charge is 2.12. The van der Waals surface area contributed by atoms with E-state index in [0.717, 1.165) is 11.4 Å². The third-order valence-corrected chi connectivity index (χ3v) is 5.17. The van der Waals surface area contributed by atoms with Gasteiger partial charge in [-0.2, -0.15) is 0 Å². The van der Waals surface area contributed by atoms with Gasteiger partial charge in [-0.25, -0.2) is 0 Å². The molecule has 26 heavy (non-hydrogen) atoms. The fourth-order valence-electron chi connectivity index (χ4n) is 2.18. The van der Waals surface area contributed by atoms with Crippen LogP contribution in [0.4, 0.5) is 5.69 Å². The van der Waals surface area contributed by atoms with Gasteiger partial charge in [0.25, 0.3) is 0 Å². The smallest absolute Gasteiger partial charge is 0.234 e. The minimum atomic E-state index is -0.223. The molecule has 0 fully saturated rings. The maximum atomic E-state index is 12.2. The summed E-state index contributed by atoms with van der Waals surface area (Å²) in [5.41, 5.74) is 1.31. The second-order valence-electron chi connectivity index (χ2n) is 5.12. The number of hydrogen-bond donors (Lipinski definition) is 1. The van der Waals surface area contributed by atoms with E-state index in [2.05, 4.69) is 15.5 Å². The Bertz CT molecular complexity index is 933. The summed E-state index contributed by atoms with van der Waals surface area (Å²) in [4.78, 5) is 12.2. The van der Waals surface area contributed by atoms with Crippen LogP contribution in [0.25, 0.3) is 5.69 Å². The van der Waals surface area contributed by atoms with Crippen LogP contribution < -0.4 is 10.1 Å². The lowest BCUT2D eigenvalue weighted by Gasteiger charge is -2.09. The monoisotopic (exact) mass is 408 g/mol. The van der Waals surface area contributed by atoms with Crippen molar-refractivity contribution in [3.63, 3.8) is 0 Å². The third-order valence-electron chi connectivity index (χ3n) is 3.41. The number of nitrogens with zero attached hydrogens (tertiary/aromatic N) is 3. The molecule has 0 radical (unpaired) electrons. The molecule has 3 rings (SSSR count). The number of carbonyl (C=O) groups is 1. The number of amides is 1. The average molecular weight is 409 g/mol. The van der Waals surface area contributed by atoms with Gasteiger partial charge in [-0.3, -0.25) is 9.36 Å². The Morgan fingerprint density at radius 1 is 1.27 bits per heavy atom. The fraction of sp³-hybridized carbons (Fsp3) is 0.118. The molecule has 1 aromatic heterocycles. The highest BCUT2D eigenvalue weighted by molar-refractivity contribution is 7.99. The molecule has 0 unspecified atom stereocenters. The van der Waals surface area contributed by atoms with Crippen LogP contribution in [-0.4, -0.2) is 33.5 Å². The van der Waals surface area contributed by atoms with Gasteiger partial charge in [0.05, 0.1) is 34.3 Å². The van der Waals surface area contributed by atoms with Crippen LogP contribution in [0.2, 0.25) is 10.0 Å². The Morgan fingerprint density at radius 3 is 2.88 bits per heavy atom. The van der Waals surface area contributed by atoms with Crippen LogP contribution in [0.15, 0.2) is 53.9 Å². The Morgan fingerprint density at radius 2 is 2.08 bits per heavy atom. The van der Waals surface area contributed by atoms with Gasteiger partial charge >= 0.3 is 0 Å². The second-order valence-corrected chi connectivity index (χ2v) is 6.85. The summed E-state index contributed by atoms with van der Waals surface area (Å²) in [5, 5.41) is 12.0. The van der Waals surface area contributed by atoms with Crippen molar-refractivity contribution in [2.45, 2.75) is 5.16 Å². The van der Waals surface area contributed by atoms with Crippen molar-refractivity contribution >= 4 is 46.6 Å². The summed E-state index contributed by atoms with van der Waals surface area (Å²) in [6.07, 6.45) is 1.59. The number of ether oxygens (including phenoxy) is 1. The van der Waals surface area contributed by atoms with E-state index >= 15 is 0 Å². The zero-order chi connectivity index (χ0) is 18.5. The topological polar surface area (TPSA) is 69.0 Å². The predicted octanol–water partition coefficient (Wildman–Crippen LogP) is 4.31. The molecule has 0 bridgehead atoms. The molecule has 0 spiro atoms. The van der Waals surface area contributed by atoms with E-state index < -0.39 is 0 Å². The highest BCUT2D eigenvalue weighted by atomic mass is 35.5. The molecular formula is C17H14Cl2N4O2S. The summed E-state index contributed by atoms with van der Waals surface area (Å²) < 4.78 is 7.01. The van der Waals surface area contributed by atoms with Gasteiger partial charge in [-0.05, 0) is 24.3 Å². The summed E-state index contributed by atoms with van der Waals surface area (Å²) >= 11 is 13.3. The summed E-state index contributed by atoms with van der Waals surface area (Å²) in [7, 11) is 1.60. The Kier molecular flexibility index (Phi) is 6.03. The molecular weight excluding hydrogens is 395 g/mol. The zero-order valence-corrected chi connectivity index (χ0v) is 16.0. The van der Waals surface area contributed by atoms with Gasteiger partial charge in [0.15, 0.2) is 5.16 Å². The number of anilines is 1. The zero-order valence-electron chi connectivity index (χ0n) is 13.6. The van der Waals surface area contributed by atoms with Crippen molar-refractivity contribution in [2.75, 3.05) is 18.2 Å². The maximum Gasteiger partial charge on any atom is 0.234 e. The lowest BCUT2D eigenvalue weighted by Crippen LogP contribution is -2.14. The number of thioether (sulfide) groups is 1. The summed E-state index contributed by atoms with van der Waals surface area (Å²) in [5.74, 6) is 0.644. The van der Waals surface area contributed by atoms with E-state index in [4.69, 9.17) is 27.9 Å². The van der Waals surface area contributed by atoms with Crippen LogP contribution in [0.5, 0.6) is 5.75 Å². The van der Waals surface area contributed by atoms with Gasteiger partial charge < -0.3 is 10.1 Å². The number of benzene rings is 2. The van der Waals surface area contributed by atoms with Crippen molar-refractivity contribution in [1.29, 1.82) is 0 Å². The van der Waals surface area contributed by atoms with Crippen LogP contribution in [0.3, 0.4) is 0 Å². The van der Waals surface area contributed by atoms with E-state index in [1.165, 1.54) is 11.8 Å². The van der Waals surface area contributed by atoms with E-state index in [9.17, 15) is 4.79 Å². The van der Waals surface area contributed by atoms with Gasteiger partial charge in [0.1, 0.15) is 12.1 Å². The Hall–Kier alpha value is -2.22. The average Bonchev–Trinajstić information content (AvgIpc) is 3.12. The van der Waals surface area contributed by atoms with Crippen molar-refractivity contribution in [2.24, 2.45) is 0 Å². The van der Waals surface area contributed by atoms with Crippen LogP contribution in [-0.2, 0) is 4.79 Å².